The molecule has 0 saturated carbocycles. The van der Waals surface area contributed by atoms with Gasteiger partial charge in [-0.1, -0.05) is 11.8 Å². The van der Waals surface area contributed by atoms with E-state index in [1.807, 2.05) is 24.3 Å². The zero-order valence-electron chi connectivity index (χ0n) is 11.1. The van der Waals surface area contributed by atoms with Gasteiger partial charge in [0.15, 0.2) is 0 Å². The summed E-state index contributed by atoms with van der Waals surface area (Å²) in [7, 11) is 1.61. The smallest absolute Gasteiger partial charge is 0.266 e. The van der Waals surface area contributed by atoms with E-state index in [1.165, 1.54) is 0 Å². The van der Waals surface area contributed by atoms with Crippen molar-refractivity contribution in [1.29, 1.82) is 0 Å². The van der Waals surface area contributed by atoms with Crippen molar-refractivity contribution < 1.29 is 4.74 Å². The molecule has 0 saturated heterocycles. The average molecular weight is 254 g/mol. The normalized spacial score (nSPS) is 9.63. The molecule has 1 heterocycles. The summed E-state index contributed by atoms with van der Waals surface area (Å²) in [4.78, 5) is 18.6. The Hall–Kier alpha value is -2.54. The summed E-state index contributed by atoms with van der Waals surface area (Å²) in [5, 5.41) is 0. The molecule has 1 aromatic heterocycles. The van der Waals surface area contributed by atoms with Gasteiger partial charge in [0.05, 0.1) is 12.8 Å². The van der Waals surface area contributed by atoms with Gasteiger partial charge in [0.25, 0.3) is 5.56 Å². The van der Waals surface area contributed by atoms with Crippen LogP contribution in [0.1, 0.15) is 22.6 Å². The highest BCUT2D eigenvalue weighted by atomic mass is 16.5. The molecule has 0 aliphatic carbocycles. The van der Waals surface area contributed by atoms with Gasteiger partial charge in [-0.2, -0.15) is 0 Å². The molecule has 19 heavy (non-hydrogen) atoms. The van der Waals surface area contributed by atoms with Gasteiger partial charge in [0.2, 0.25) is 0 Å². The SMILES string of the molecule is COc1ccc(C#Cc2c(C)nc(C)[nH]c2=O)cc1. The Bertz CT molecular complexity index is 704. The summed E-state index contributed by atoms with van der Waals surface area (Å²) in [6.07, 6.45) is 0. The van der Waals surface area contributed by atoms with Gasteiger partial charge >= 0.3 is 0 Å². The van der Waals surface area contributed by atoms with Crippen LogP contribution in [0.25, 0.3) is 0 Å². The third-order valence-electron chi connectivity index (χ3n) is 2.64. The first kappa shape index (κ1) is 12.9. The Morgan fingerprint density at radius 2 is 1.84 bits per heavy atom. The van der Waals surface area contributed by atoms with Gasteiger partial charge in [-0.05, 0) is 38.1 Å². The van der Waals surface area contributed by atoms with Crippen molar-refractivity contribution in [3.63, 3.8) is 0 Å². The van der Waals surface area contributed by atoms with Crippen LogP contribution in [0.2, 0.25) is 0 Å². The van der Waals surface area contributed by atoms with Crippen molar-refractivity contribution in [3.8, 4) is 17.6 Å². The molecule has 1 aromatic carbocycles. The number of H-pyrrole nitrogens is 1. The predicted octanol–water partition coefficient (Wildman–Crippen LogP) is 1.80. The number of methoxy groups -OCH3 is 1. The molecule has 96 valence electrons. The minimum absolute atomic E-state index is 0.203. The van der Waals surface area contributed by atoms with E-state index in [9.17, 15) is 4.79 Å². The Balaban J connectivity index is 2.36. The van der Waals surface area contributed by atoms with E-state index in [4.69, 9.17) is 4.74 Å². The van der Waals surface area contributed by atoms with Gasteiger partial charge in [-0.3, -0.25) is 4.79 Å². The molecule has 0 fully saturated rings. The molecule has 2 aromatic rings. The maximum absolute atomic E-state index is 11.8. The van der Waals surface area contributed by atoms with Crippen LogP contribution in [0.3, 0.4) is 0 Å². The number of rotatable bonds is 1. The second-order valence-corrected chi connectivity index (χ2v) is 4.09. The largest absolute Gasteiger partial charge is 0.497 e. The first-order valence-corrected chi connectivity index (χ1v) is 5.84. The third kappa shape index (κ3) is 3.02. The van der Waals surface area contributed by atoms with Crippen LogP contribution in [0.5, 0.6) is 5.75 Å². The number of aromatic nitrogens is 2. The monoisotopic (exact) mass is 254 g/mol. The average Bonchev–Trinajstić information content (AvgIpc) is 2.38. The van der Waals surface area contributed by atoms with E-state index >= 15 is 0 Å². The molecule has 0 atom stereocenters. The van der Waals surface area contributed by atoms with Crippen molar-refractivity contribution in [2.45, 2.75) is 13.8 Å². The van der Waals surface area contributed by atoms with E-state index in [2.05, 4.69) is 21.8 Å². The van der Waals surface area contributed by atoms with E-state index in [1.54, 1.807) is 21.0 Å². The number of nitrogens with one attached hydrogen (secondary N) is 1. The van der Waals surface area contributed by atoms with Gasteiger partial charge in [-0.25, -0.2) is 4.98 Å². The number of aryl methyl sites for hydroxylation is 2. The van der Waals surface area contributed by atoms with Crippen LogP contribution < -0.4 is 10.3 Å². The molecule has 0 aliphatic rings. The maximum Gasteiger partial charge on any atom is 0.266 e. The van der Waals surface area contributed by atoms with Crippen molar-refractivity contribution in [2.75, 3.05) is 7.11 Å². The summed E-state index contributed by atoms with van der Waals surface area (Å²) < 4.78 is 5.07. The lowest BCUT2D eigenvalue weighted by Gasteiger charge is -1.99. The third-order valence-corrected chi connectivity index (χ3v) is 2.64. The quantitative estimate of drug-likeness (QED) is 0.789. The fourth-order valence-electron chi connectivity index (χ4n) is 1.68. The lowest BCUT2D eigenvalue weighted by Crippen LogP contribution is -2.15. The highest BCUT2D eigenvalue weighted by molar-refractivity contribution is 5.44. The number of benzene rings is 1. The lowest BCUT2D eigenvalue weighted by molar-refractivity contribution is 0.415. The molecular formula is C15H14N2O2. The predicted molar refractivity (Wildman–Crippen MR) is 73.3 cm³/mol. The van der Waals surface area contributed by atoms with E-state index in [-0.39, 0.29) is 5.56 Å². The lowest BCUT2D eigenvalue weighted by atomic mass is 10.2. The molecule has 1 N–H and O–H groups in total. The van der Waals surface area contributed by atoms with Gasteiger partial charge in [0.1, 0.15) is 17.1 Å². The minimum Gasteiger partial charge on any atom is -0.497 e. The molecular weight excluding hydrogens is 240 g/mol. The molecule has 0 aliphatic heterocycles. The number of hydrogen-bond donors (Lipinski definition) is 1. The molecule has 0 amide bonds. The molecule has 0 radical (unpaired) electrons. The van der Waals surface area contributed by atoms with Gasteiger partial charge < -0.3 is 9.72 Å². The fourth-order valence-corrected chi connectivity index (χ4v) is 1.68. The number of aromatic amines is 1. The van der Waals surface area contributed by atoms with Crippen molar-refractivity contribution in [1.82, 2.24) is 9.97 Å². The minimum atomic E-state index is -0.203. The van der Waals surface area contributed by atoms with Crippen LogP contribution >= 0.6 is 0 Å². The molecule has 0 unspecified atom stereocenters. The van der Waals surface area contributed by atoms with Crippen LogP contribution in [0.15, 0.2) is 29.1 Å². The second-order valence-electron chi connectivity index (χ2n) is 4.09. The van der Waals surface area contributed by atoms with E-state index in [0.717, 1.165) is 11.3 Å². The van der Waals surface area contributed by atoms with Crippen LogP contribution in [-0.2, 0) is 0 Å². The van der Waals surface area contributed by atoms with Crippen LogP contribution in [0.4, 0.5) is 0 Å². The first-order valence-electron chi connectivity index (χ1n) is 5.84. The van der Waals surface area contributed by atoms with Crippen molar-refractivity contribution >= 4 is 0 Å². The molecule has 2 rings (SSSR count). The molecule has 4 heteroatoms. The Morgan fingerprint density at radius 3 is 2.42 bits per heavy atom. The maximum atomic E-state index is 11.8. The topological polar surface area (TPSA) is 55.0 Å². The van der Waals surface area contributed by atoms with E-state index in [0.29, 0.717) is 17.1 Å². The van der Waals surface area contributed by atoms with Crippen molar-refractivity contribution in [3.05, 3.63) is 57.3 Å². The molecule has 4 nitrogen and oxygen atoms in total. The Labute approximate surface area is 111 Å². The molecule has 0 spiro atoms. The summed E-state index contributed by atoms with van der Waals surface area (Å²) in [6.45, 7) is 3.52. The van der Waals surface area contributed by atoms with E-state index < -0.39 is 0 Å². The number of ether oxygens (including phenoxy) is 1. The zero-order chi connectivity index (χ0) is 13.8. The molecule has 0 bridgehead atoms. The summed E-state index contributed by atoms with van der Waals surface area (Å²) >= 11 is 0. The Kier molecular flexibility index (Phi) is 3.67. The number of nitrogens with zero attached hydrogens (tertiary/aromatic N) is 1. The second kappa shape index (κ2) is 5.40. The summed E-state index contributed by atoms with van der Waals surface area (Å²) in [5.74, 6) is 7.18. The van der Waals surface area contributed by atoms with Gasteiger partial charge in [-0.15, -0.1) is 0 Å². The Morgan fingerprint density at radius 1 is 1.16 bits per heavy atom. The summed E-state index contributed by atoms with van der Waals surface area (Å²) in [6, 6.07) is 7.34. The highest BCUT2D eigenvalue weighted by Gasteiger charge is 2.02. The fraction of sp³-hybridized carbons (Fsp3) is 0.200. The number of hydrogen-bond acceptors (Lipinski definition) is 3. The standard InChI is InChI=1S/C15H14N2O2/c1-10-14(15(18)17-11(2)16-10)9-6-12-4-7-13(19-3)8-5-12/h4-5,7-8H,1-3H3,(H,16,17,18). The van der Waals surface area contributed by atoms with Gasteiger partial charge in [0, 0.05) is 5.56 Å². The highest BCUT2D eigenvalue weighted by Crippen LogP contribution is 2.10. The summed E-state index contributed by atoms with van der Waals surface area (Å²) in [5.41, 5.74) is 1.66. The zero-order valence-corrected chi connectivity index (χ0v) is 11.1. The van der Waals surface area contributed by atoms with Crippen LogP contribution in [-0.4, -0.2) is 17.1 Å². The van der Waals surface area contributed by atoms with Crippen LogP contribution in [0, 0.1) is 25.7 Å². The first-order chi connectivity index (χ1) is 9.10. The van der Waals surface area contributed by atoms with Crippen molar-refractivity contribution in [2.24, 2.45) is 0 Å².